The second-order valence-electron chi connectivity index (χ2n) is 6.11. The van der Waals surface area contributed by atoms with E-state index in [2.05, 4.69) is 22.1 Å². The van der Waals surface area contributed by atoms with Crippen LogP contribution in [0.4, 0.5) is 0 Å². The fourth-order valence-corrected chi connectivity index (χ4v) is 2.95. The van der Waals surface area contributed by atoms with E-state index in [0.29, 0.717) is 24.7 Å². The molecule has 2 aromatic rings. The van der Waals surface area contributed by atoms with Gasteiger partial charge in [-0.3, -0.25) is 9.78 Å². The topological polar surface area (TPSA) is 64.6 Å². The van der Waals surface area contributed by atoms with Gasteiger partial charge in [-0.1, -0.05) is 30.3 Å². The van der Waals surface area contributed by atoms with Gasteiger partial charge in [-0.25, -0.2) is 0 Å². The predicted molar refractivity (Wildman–Crippen MR) is 93.6 cm³/mol. The summed E-state index contributed by atoms with van der Waals surface area (Å²) in [5.41, 5.74) is 1.27. The van der Waals surface area contributed by atoms with Crippen LogP contribution in [0.1, 0.15) is 24.8 Å². The molecular formula is C19H23N3O3. The van der Waals surface area contributed by atoms with Gasteiger partial charge in [0.15, 0.2) is 0 Å². The van der Waals surface area contributed by atoms with E-state index in [9.17, 15) is 4.79 Å². The minimum absolute atomic E-state index is 0.0421. The molecule has 6 heteroatoms. The Hall–Kier alpha value is -2.63. The molecule has 1 atom stereocenters. The van der Waals surface area contributed by atoms with E-state index in [-0.39, 0.29) is 12.0 Å². The molecule has 0 aliphatic carbocycles. The lowest BCUT2D eigenvalue weighted by molar-refractivity contribution is -0.130. The first-order valence-electron chi connectivity index (χ1n) is 8.59. The van der Waals surface area contributed by atoms with Crippen LogP contribution in [-0.4, -0.2) is 47.1 Å². The maximum absolute atomic E-state index is 12.4. The molecule has 1 aromatic heterocycles. The predicted octanol–water partition coefficient (Wildman–Crippen LogP) is 2.49. The third-order valence-electron chi connectivity index (χ3n) is 4.28. The summed E-state index contributed by atoms with van der Waals surface area (Å²) in [6.45, 7) is 1.33. The first-order chi connectivity index (χ1) is 12.2. The quantitative estimate of drug-likeness (QED) is 0.774. The van der Waals surface area contributed by atoms with E-state index in [1.54, 1.807) is 13.3 Å². The molecule has 0 radical (unpaired) electrons. The second kappa shape index (κ2) is 8.46. The summed E-state index contributed by atoms with van der Waals surface area (Å²) in [5.74, 6) is 1.05. The standard InChI is InChI=1S/C19H23N3O3/c1-24-17-12-20-13-18(21-17)25-16-10-11-22(14-16)19(23)9-5-8-15-6-3-2-4-7-15/h2-4,6-7,12-13,16H,5,8-11,14H2,1H3. The fourth-order valence-electron chi connectivity index (χ4n) is 2.95. The van der Waals surface area contributed by atoms with Crippen LogP contribution in [0.15, 0.2) is 42.7 Å². The molecule has 0 saturated carbocycles. The monoisotopic (exact) mass is 341 g/mol. The van der Waals surface area contributed by atoms with Gasteiger partial charge in [0.25, 0.3) is 0 Å². The maximum Gasteiger partial charge on any atom is 0.235 e. The molecule has 1 unspecified atom stereocenters. The van der Waals surface area contributed by atoms with E-state index in [1.165, 1.54) is 11.8 Å². The average molecular weight is 341 g/mol. The molecule has 1 aromatic carbocycles. The molecule has 0 spiro atoms. The zero-order valence-corrected chi connectivity index (χ0v) is 14.4. The van der Waals surface area contributed by atoms with Gasteiger partial charge in [0.2, 0.25) is 17.7 Å². The Morgan fingerprint density at radius 1 is 1.24 bits per heavy atom. The number of likely N-dealkylation sites (tertiary alicyclic amines) is 1. The molecule has 1 fully saturated rings. The molecule has 132 valence electrons. The average Bonchev–Trinajstić information content (AvgIpc) is 3.11. The molecule has 0 N–H and O–H groups in total. The van der Waals surface area contributed by atoms with Crippen molar-refractivity contribution >= 4 is 5.91 Å². The molecule has 1 aliphatic rings. The smallest absolute Gasteiger partial charge is 0.235 e. The van der Waals surface area contributed by atoms with E-state index < -0.39 is 0 Å². The number of carbonyl (C=O) groups is 1. The normalized spacial score (nSPS) is 16.7. The number of amides is 1. The summed E-state index contributed by atoms with van der Waals surface area (Å²) >= 11 is 0. The number of benzene rings is 1. The van der Waals surface area contributed by atoms with Crippen LogP contribution in [0.25, 0.3) is 0 Å². The van der Waals surface area contributed by atoms with Gasteiger partial charge in [-0.2, -0.15) is 4.98 Å². The zero-order valence-electron chi connectivity index (χ0n) is 14.4. The number of carbonyl (C=O) groups excluding carboxylic acids is 1. The van der Waals surface area contributed by atoms with Gasteiger partial charge in [-0.15, -0.1) is 0 Å². The number of hydrogen-bond donors (Lipinski definition) is 0. The van der Waals surface area contributed by atoms with Gasteiger partial charge in [0, 0.05) is 19.4 Å². The van der Waals surface area contributed by atoms with Gasteiger partial charge in [-0.05, 0) is 18.4 Å². The Labute approximate surface area is 147 Å². The van der Waals surface area contributed by atoms with Crippen molar-refractivity contribution < 1.29 is 14.3 Å². The third kappa shape index (κ3) is 4.92. The third-order valence-corrected chi connectivity index (χ3v) is 4.28. The molecule has 1 aliphatic heterocycles. The van der Waals surface area contributed by atoms with Crippen molar-refractivity contribution in [2.24, 2.45) is 0 Å². The van der Waals surface area contributed by atoms with Gasteiger partial charge in [0.05, 0.1) is 26.0 Å². The minimum Gasteiger partial charge on any atom is -0.480 e. The highest BCUT2D eigenvalue weighted by Crippen LogP contribution is 2.19. The molecule has 1 saturated heterocycles. The highest BCUT2D eigenvalue weighted by Gasteiger charge is 2.27. The van der Waals surface area contributed by atoms with Crippen molar-refractivity contribution in [1.82, 2.24) is 14.9 Å². The molecule has 0 bridgehead atoms. The Morgan fingerprint density at radius 3 is 2.84 bits per heavy atom. The van der Waals surface area contributed by atoms with E-state index in [4.69, 9.17) is 9.47 Å². The van der Waals surface area contributed by atoms with E-state index in [0.717, 1.165) is 25.8 Å². The fraction of sp³-hybridized carbons (Fsp3) is 0.421. The molecule has 6 nitrogen and oxygen atoms in total. The molecule has 25 heavy (non-hydrogen) atoms. The van der Waals surface area contributed by atoms with Crippen molar-refractivity contribution in [1.29, 1.82) is 0 Å². The van der Waals surface area contributed by atoms with Crippen LogP contribution in [0.5, 0.6) is 11.8 Å². The minimum atomic E-state index is -0.0421. The molecule has 1 amide bonds. The number of rotatable bonds is 7. The number of aromatic nitrogens is 2. The van der Waals surface area contributed by atoms with Crippen LogP contribution in [0, 0.1) is 0 Å². The van der Waals surface area contributed by atoms with Crippen LogP contribution in [-0.2, 0) is 11.2 Å². The van der Waals surface area contributed by atoms with Crippen molar-refractivity contribution in [3.63, 3.8) is 0 Å². The van der Waals surface area contributed by atoms with Gasteiger partial charge >= 0.3 is 0 Å². The van der Waals surface area contributed by atoms with Gasteiger partial charge in [0.1, 0.15) is 6.10 Å². The van der Waals surface area contributed by atoms with Crippen molar-refractivity contribution in [2.75, 3.05) is 20.2 Å². The number of hydrogen-bond acceptors (Lipinski definition) is 5. The number of methoxy groups -OCH3 is 1. The lowest BCUT2D eigenvalue weighted by Gasteiger charge is -2.17. The van der Waals surface area contributed by atoms with E-state index in [1.807, 2.05) is 23.1 Å². The lowest BCUT2D eigenvalue weighted by Crippen LogP contribution is -2.30. The van der Waals surface area contributed by atoms with E-state index >= 15 is 0 Å². The summed E-state index contributed by atoms with van der Waals surface area (Å²) in [6, 6.07) is 10.3. The van der Waals surface area contributed by atoms with Crippen LogP contribution in [0.3, 0.4) is 0 Å². The largest absolute Gasteiger partial charge is 0.480 e. The van der Waals surface area contributed by atoms with Crippen LogP contribution < -0.4 is 9.47 Å². The Kier molecular flexibility index (Phi) is 5.82. The van der Waals surface area contributed by atoms with Crippen molar-refractivity contribution in [2.45, 2.75) is 31.8 Å². The highest BCUT2D eigenvalue weighted by atomic mass is 16.5. The molecule has 3 rings (SSSR count). The maximum atomic E-state index is 12.4. The number of ether oxygens (including phenoxy) is 2. The summed E-state index contributed by atoms with van der Waals surface area (Å²) < 4.78 is 10.9. The zero-order chi connectivity index (χ0) is 17.5. The summed E-state index contributed by atoms with van der Waals surface area (Å²) in [5, 5.41) is 0. The molecular weight excluding hydrogens is 318 g/mol. The Bertz CT molecular complexity index is 693. The van der Waals surface area contributed by atoms with Crippen LogP contribution in [0.2, 0.25) is 0 Å². The first-order valence-corrected chi connectivity index (χ1v) is 8.59. The highest BCUT2D eigenvalue weighted by molar-refractivity contribution is 5.76. The van der Waals surface area contributed by atoms with Crippen LogP contribution >= 0.6 is 0 Å². The lowest BCUT2D eigenvalue weighted by atomic mass is 10.1. The first kappa shape index (κ1) is 17.2. The number of nitrogens with zero attached hydrogens (tertiary/aromatic N) is 3. The summed E-state index contributed by atoms with van der Waals surface area (Å²) in [6.07, 6.45) is 6.23. The summed E-state index contributed by atoms with van der Waals surface area (Å²) in [4.78, 5) is 22.5. The SMILES string of the molecule is COc1cncc(OC2CCN(C(=O)CCCc3ccccc3)C2)n1. The second-order valence-corrected chi connectivity index (χ2v) is 6.11. The Balaban J connectivity index is 1.43. The van der Waals surface area contributed by atoms with Gasteiger partial charge < -0.3 is 14.4 Å². The Morgan fingerprint density at radius 2 is 2.04 bits per heavy atom. The summed E-state index contributed by atoms with van der Waals surface area (Å²) in [7, 11) is 1.54. The van der Waals surface area contributed by atoms with Crippen molar-refractivity contribution in [3.8, 4) is 11.8 Å². The number of aryl methyl sites for hydroxylation is 1. The molecule has 2 heterocycles. The van der Waals surface area contributed by atoms with Crippen molar-refractivity contribution in [3.05, 3.63) is 48.3 Å².